The largest absolute Gasteiger partial charge is 0.467 e. The van der Waals surface area contributed by atoms with Crippen LogP contribution in [0.15, 0.2) is 0 Å². The van der Waals surface area contributed by atoms with Gasteiger partial charge in [0.25, 0.3) is 0 Å². The van der Waals surface area contributed by atoms with E-state index in [1.54, 1.807) is 0 Å². The van der Waals surface area contributed by atoms with Crippen molar-refractivity contribution in [1.82, 2.24) is 4.90 Å². The van der Waals surface area contributed by atoms with Gasteiger partial charge in [0, 0.05) is 6.92 Å². The SMILES string of the molecule is COC(=O)C1CS(=O)(=O)CN1C(C)=O. The molecule has 0 aromatic carbocycles. The molecule has 80 valence electrons. The van der Waals surface area contributed by atoms with Crippen molar-refractivity contribution in [3.8, 4) is 0 Å². The molecule has 1 fully saturated rings. The third-order valence-corrected chi connectivity index (χ3v) is 3.50. The van der Waals surface area contributed by atoms with Gasteiger partial charge in [-0.25, -0.2) is 13.2 Å². The van der Waals surface area contributed by atoms with E-state index in [-0.39, 0.29) is 5.75 Å². The molecular formula is C7H11NO5S. The van der Waals surface area contributed by atoms with E-state index in [1.807, 2.05) is 0 Å². The van der Waals surface area contributed by atoms with E-state index >= 15 is 0 Å². The molecule has 1 atom stereocenters. The molecular weight excluding hydrogens is 210 g/mol. The number of rotatable bonds is 1. The van der Waals surface area contributed by atoms with E-state index in [0.717, 1.165) is 12.0 Å². The maximum atomic E-state index is 11.2. The van der Waals surface area contributed by atoms with Gasteiger partial charge in [-0.2, -0.15) is 0 Å². The molecule has 6 nitrogen and oxygen atoms in total. The summed E-state index contributed by atoms with van der Waals surface area (Å²) in [5.74, 6) is -1.88. The van der Waals surface area contributed by atoms with E-state index in [2.05, 4.69) is 4.74 Å². The van der Waals surface area contributed by atoms with Gasteiger partial charge in [0.15, 0.2) is 9.84 Å². The Morgan fingerprint density at radius 1 is 1.43 bits per heavy atom. The summed E-state index contributed by atoms with van der Waals surface area (Å²) in [6.45, 7) is 1.22. The molecule has 0 aromatic heterocycles. The minimum Gasteiger partial charge on any atom is -0.467 e. The van der Waals surface area contributed by atoms with E-state index in [1.165, 1.54) is 6.92 Å². The molecule has 7 heteroatoms. The molecule has 1 aliphatic heterocycles. The van der Waals surface area contributed by atoms with Gasteiger partial charge in [-0.1, -0.05) is 0 Å². The van der Waals surface area contributed by atoms with Crippen molar-refractivity contribution in [3.05, 3.63) is 0 Å². The fraction of sp³-hybridized carbons (Fsp3) is 0.714. The molecule has 0 radical (unpaired) electrons. The van der Waals surface area contributed by atoms with Gasteiger partial charge in [-0.05, 0) is 0 Å². The topological polar surface area (TPSA) is 80.8 Å². The van der Waals surface area contributed by atoms with Gasteiger partial charge < -0.3 is 9.64 Å². The molecule has 1 heterocycles. The highest BCUT2D eigenvalue weighted by molar-refractivity contribution is 7.91. The molecule has 0 aliphatic carbocycles. The molecule has 0 aromatic rings. The highest BCUT2D eigenvalue weighted by Gasteiger charge is 2.41. The molecule has 1 unspecified atom stereocenters. The highest BCUT2D eigenvalue weighted by Crippen LogP contribution is 2.16. The lowest BCUT2D eigenvalue weighted by Crippen LogP contribution is -2.41. The van der Waals surface area contributed by atoms with Gasteiger partial charge in [-0.15, -0.1) is 0 Å². The number of amides is 1. The molecule has 0 N–H and O–H groups in total. The van der Waals surface area contributed by atoms with Crippen molar-refractivity contribution < 1.29 is 22.7 Å². The summed E-state index contributed by atoms with van der Waals surface area (Å²) in [4.78, 5) is 23.2. The normalized spacial score (nSPS) is 24.7. The summed E-state index contributed by atoms with van der Waals surface area (Å²) in [5.41, 5.74) is 0. The van der Waals surface area contributed by atoms with Gasteiger partial charge in [-0.3, -0.25) is 4.79 Å². The number of hydrogen-bond acceptors (Lipinski definition) is 5. The molecule has 0 bridgehead atoms. The first-order valence-electron chi connectivity index (χ1n) is 3.93. The Morgan fingerprint density at radius 3 is 2.43 bits per heavy atom. The van der Waals surface area contributed by atoms with Crippen LogP contribution in [0, 0.1) is 0 Å². The van der Waals surface area contributed by atoms with Gasteiger partial charge in [0.1, 0.15) is 11.9 Å². The van der Waals surface area contributed by atoms with E-state index < -0.39 is 33.6 Å². The average molecular weight is 221 g/mol. The Bertz CT molecular complexity index is 360. The summed E-state index contributed by atoms with van der Waals surface area (Å²) < 4.78 is 26.8. The van der Waals surface area contributed by atoms with Crippen LogP contribution >= 0.6 is 0 Å². The molecule has 1 amide bonds. The Hall–Kier alpha value is -1.11. The minimum absolute atomic E-state index is 0.348. The molecule has 1 saturated heterocycles. The number of esters is 1. The van der Waals surface area contributed by atoms with Crippen molar-refractivity contribution in [2.75, 3.05) is 18.7 Å². The smallest absolute Gasteiger partial charge is 0.329 e. The molecule has 0 spiro atoms. The zero-order chi connectivity index (χ0) is 10.9. The number of sulfone groups is 1. The summed E-state index contributed by atoms with van der Waals surface area (Å²) in [6, 6.07) is -0.984. The highest BCUT2D eigenvalue weighted by atomic mass is 32.2. The van der Waals surface area contributed by atoms with E-state index in [4.69, 9.17) is 0 Å². The fourth-order valence-corrected chi connectivity index (χ4v) is 3.01. The van der Waals surface area contributed by atoms with Crippen LogP contribution in [0.25, 0.3) is 0 Å². The zero-order valence-electron chi connectivity index (χ0n) is 7.89. The van der Waals surface area contributed by atoms with E-state index in [9.17, 15) is 18.0 Å². The summed E-state index contributed by atoms with van der Waals surface area (Å²) >= 11 is 0. The monoisotopic (exact) mass is 221 g/mol. The number of carbonyl (C=O) groups is 2. The molecule has 0 saturated carbocycles. The quantitative estimate of drug-likeness (QED) is 0.517. The number of nitrogens with zero attached hydrogens (tertiary/aromatic N) is 1. The van der Waals surface area contributed by atoms with Crippen LogP contribution in [0.4, 0.5) is 0 Å². The maximum absolute atomic E-state index is 11.2. The second-order valence-corrected chi connectivity index (χ2v) is 5.15. The lowest BCUT2D eigenvalue weighted by molar-refractivity contribution is -0.149. The number of hydrogen-bond donors (Lipinski definition) is 0. The van der Waals surface area contributed by atoms with Gasteiger partial charge in [0.2, 0.25) is 5.91 Å². The van der Waals surface area contributed by atoms with Crippen LogP contribution in [0.1, 0.15) is 6.92 Å². The van der Waals surface area contributed by atoms with E-state index in [0.29, 0.717) is 0 Å². The first-order chi connectivity index (χ1) is 6.37. The summed E-state index contributed by atoms with van der Waals surface area (Å²) in [5, 5.41) is 0. The standard InChI is InChI=1S/C7H11NO5S/c1-5(9)8-4-14(11,12)3-6(8)7(10)13-2/h6H,3-4H2,1-2H3. The van der Waals surface area contributed by atoms with Crippen LogP contribution in [-0.4, -0.2) is 50.0 Å². The fourth-order valence-electron chi connectivity index (χ4n) is 1.33. The molecule has 1 rings (SSSR count). The Morgan fingerprint density at radius 2 is 2.00 bits per heavy atom. The Balaban J connectivity index is 2.94. The lowest BCUT2D eigenvalue weighted by Gasteiger charge is -2.18. The van der Waals surface area contributed by atoms with Crippen molar-refractivity contribution in [2.45, 2.75) is 13.0 Å². The van der Waals surface area contributed by atoms with Crippen molar-refractivity contribution >= 4 is 21.7 Å². The Kier molecular flexibility index (Phi) is 2.79. The third-order valence-electron chi connectivity index (χ3n) is 2.00. The number of methoxy groups -OCH3 is 1. The zero-order valence-corrected chi connectivity index (χ0v) is 8.70. The van der Waals surface area contributed by atoms with Gasteiger partial charge in [0.05, 0.1) is 12.9 Å². The van der Waals surface area contributed by atoms with Crippen LogP contribution in [0.2, 0.25) is 0 Å². The summed E-state index contributed by atoms with van der Waals surface area (Å²) in [6.07, 6.45) is 0. The summed E-state index contributed by atoms with van der Waals surface area (Å²) in [7, 11) is -2.18. The van der Waals surface area contributed by atoms with Crippen LogP contribution in [0.5, 0.6) is 0 Å². The van der Waals surface area contributed by atoms with Crippen molar-refractivity contribution in [3.63, 3.8) is 0 Å². The molecule has 14 heavy (non-hydrogen) atoms. The number of carbonyl (C=O) groups excluding carboxylic acids is 2. The van der Waals surface area contributed by atoms with Crippen LogP contribution < -0.4 is 0 Å². The first-order valence-corrected chi connectivity index (χ1v) is 5.75. The predicted molar refractivity (Wildman–Crippen MR) is 47.0 cm³/mol. The third kappa shape index (κ3) is 2.03. The second-order valence-electron chi connectivity index (χ2n) is 3.07. The first kappa shape index (κ1) is 11.0. The van der Waals surface area contributed by atoms with Crippen LogP contribution in [0.3, 0.4) is 0 Å². The lowest BCUT2D eigenvalue weighted by atomic mass is 10.3. The number of ether oxygens (including phenoxy) is 1. The van der Waals surface area contributed by atoms with Gasteiger partial charge >= 0.3 is 5.97 Å². The Labute approximate surface area is 81.7 Å². The maximum Gasteiger partial charge on any atom is 0.329 e. The second kappa shape index (κ2) is 3.56. The van der Waals surface area contributed by atoms with Crippen molar-refractivity contribution in [2.24, 2.45) is 0 Å². The average Bonchev–Trinajstić information content (AvgIpc) is 2.40. The minimum atomic E-state index is -3.34. The predicted octanol–water partition coefficient (Wildman–Crippen LogP) is -1.24. The van der Waals surface area contributed by atoms with Crippen LogP contribution in [-0.2, 0) is 24.2 Å². The molecule has 1 aliphatic rings. The van der Waals surface area contributed by atoms with Crippen molar-refractivity contribution in [1.29, 1.82) is 0 Å².